The Kier molecular flexibility index (Phi) is 6.32. The van der Waals surface area contributed by atoms with Crippen LogP contribution in [0.15, 0.2) is 18.2 Å². The van der Waals surface area contributed by atoms with E-state index in [0.29, 0.717) is 13.0 Å². The number of aliphatic hydroxyl groups excluding tert-OH is 1. The molecule has 0 heterocycles. The fourth-order valence-corrected chi connectivity index (χ4v) is 1.74. The van der Waals surface area contributed by atoms with Crippen LogP contribution in [-0.2, 0) is 4.79 Å². The molecule has 1 aromatic carbocycles. The van der Waals surface area contributed by atoms with Gasteiger partial charge in [-0.3, -0.25) is 4.79 Å². The highest BCUT2D eigenvalue weighted by Crippen LogP contribution is 2.21. The molecule has 0 radical (unpaired) electrons. The molecule has 5 nitrogen and oxygen atoms in total. The van der Waals surface area contributed by atoms with E-state index in [4.69, 9.17) is 10.5 Å². The van der Waals surface area contributed by atoms with Crippen LogP contribution in [0.2, 0.25) is 0 Å². The maximum atomic E-state index is 11.6. The van der Waals surface area contributed by atoms with E-state index < -0.39 is 6.10 Å². The normalized spacial score (nSPS) is 12.0. The van der Waals surface area contributed by atoms with Crippen molar-refractivity contribution >= 4 is 5.91 Å². The van der Waals surface area contributed by atoms with Crippen molar-refractivity contribution in [1.29, 1.82) is 0 Å². The van der Waals surface area contributed by atoms with Crippen LogP contribution >= 0.6 is 0 Å². The van der Waals surface area contributed by atoms with Crippen LogP contribution < -0.4 is 15.8 Å². The Bertz CT molecular complexity index is 401. The highest BCUT2D eigenvalue weighted by atomic mass is 16.5. The monoisotopic (exact) mass is 266 g/mol. The van der Waals surface area contributed by atoms with Gasteiger partial charge < -0.3 is 20.9 Å². The summed E-state index contributed by atoms with van der Waals surface area (Å²) in [5, 5.41) is 12.0. The molecule has 0 aliphatic rings. The smallest absolute Gasteiger partial charge is 0.258 e. The molecule has 0 aromatic heterocycles. The minimum Gasteiger partial charge on any atom is -0.483 e. The van der Waals surface area contributed by atoms with Crippen molar-refractivity contribution in [2.24, 2.45) is 5.73 Å². The summed E-state index contributed by atoms with van der Waals surface area (Å²) < 4.78 is 5.50. The second-order valence-corrected chi connectivity index (χ2v) is 4.54. The topological polar surface area (TPSA) is 84.6 Å². The fraction of sp³-hybridized carbons (Fsp3) is 0.500. The average molecular weight is 266 g/mol. The molecule has 0 spiro atoms. The standard InChI is InChI=1S/C14H22N2O3/c1-10-4-3-5-11(2)14(10)19-9-13(18)16-8-12(17)6-7-15/h3-5,12,17H,6-9,15H2,1-2H3,(H,16,18). The summed E-state index contributed by atoms with van der Waals surface area (Å²) in [5.41, 5.74) is 7.30. The number of hydrogen-bond donors (Lipinski definition) is 3. The quantitative estimate of drug-likeness (QED) is 0.671. The van der Waals surface area contributed by atoms with Crippen molar-refractivity contribution in [3.63, 3.8) is 0 Å². The number of aliphatic hydroxyl groups is 1. The number of nitrogens with one attached hydrogen (secondary N) is 1. The molecule has 0 saturated carbocycles. The molecule has 19 heavy (non-hydrogen) atoms. The van der Waals surface area contributed by atoms with Gasteiger partial charge in [0.25, 0.3) is 5.91 Å². The molecule has 0 aliphatic heterocycles. The van der Waals surface area contributed by atoms with Gasteiger partial charge in [0.15, 0.2) is 6.61 Å². The zero-order valence-corrected chi connectivity index (χ0v) is 11.5. The molecule has 106 valence electrons. The number of nitrogens with two attached hydrogens (primary N) is 1. The Balaban J connectivity index is 2.38. The number of carbonyl (C=O) groups is 1. The number of rotatable bonds is 7. The molecule has 0 fully saturated rings. The summed E-state index contributed by atoms with van der Waals surface area (Å²) in [6.07, 6.45) is -0.132. The largest absolute Gasteiger partial charge is 0.483 e. The third-order valence-electron chi connectivity index (χ3n) is 2.79. The van der Waals surface area contributed by atoms with E-state index in [2.05, 4.69) is 5.32 Å². The van der Waals surface area contributed by atoms with Crippen LogP contribution in [0.5, 0.6) is 5.75 Å². The van der Waals surface area contributed by atoms with Gasteiger partial charge in [-0.1, -0.05) is 18.2 Å². The molecule has 0 bridgehead atoms. The summed E-state index contributed by atoms with van der Waals surface area (Å²) in [5.74, 6) is 0.485. The average Bonchev–Trinajstić information content (AvgIpc) is 2.36. The third-order valence-corrected chi connectivity index (χ3v) is 2.79. The van der Waals surface area contributed by atoms with E-state index in [-0.39, 0.29) is 19.1 Å². The zero-order chi connectivity index (χ0) is 14.3. The molecule has 0 saturated heterocycles. The molecule has 1 rings (SSSR count). The highest BCUT2D eigenvalue weighted by Gasteiger charge is 2.09. The van der Waals surface area contributed by atoms with Crippen molar-refractivity contribution in [3.05, 3.63) is 29.3 Å². The van der Waals surface area contributed by atoms with E-state index in [1.54, 1.807) is 0 Å². The first-order valence-electron chi connectivity index (χ1n) is 6.38. The van der Waals surface area contributed by atoms with Gasteiger partial charge >= 0.3 is 0 Å². The van der Waals surface area contributed by atoms with E-state index in [0.717, 1.165) is 16.9 Å². The van der Waals surface area contributed by atoms with Gasteiger partial charge in [0.1, 0.15) is 5.75 Å². The van der Waals surface area contributed by atoms with Crippen molar-refractivity contribution in [2.75, 3.05) is 19.7 Å². The molecule has 0 aliphatic carbocycles. The van der Waals surface area contributed by atoms with Crippen LogP contribution in [0.4, 0.5) is 0 Å². The number of carbonyl (C=O) groups excluding carboxylic acids is 1. The van der Waals surface area contributed by atoms with Crippen molar-refractivity contribution < 1.29 is 14.6 Å². The molecule has 5 heteroatoms. The predicted octanol–water partition coefficient (Wildman–Crippen LogP) is 0.508. The first-order chi connectivity index (χ1) is 9.04. The maximum absolute atomic E-state index is 11.6. The Morgan fingerprint density at radius 3 is 2.63 bits per heavy atom. The number of amides is 1. The maximum Gasteiger partial charge on any atom is 0.258 e. The van der Waals surface area contributed by atoms with E-state index in [1.165, 1.54) is 0 Å². The number of hydrogen-bond acceptors (Lipinski definition) is 4. The lowest BCUT2D eigenvalue weighted by atomic mass is 10.1. The first kappa shape index (κ1) is 15.5. The number of benzene rings is 1. The van der Waals surface area contributed by atoms with E-state index in [1.807, 2.05) is 32.0 Å². The predicted molar refractivity (Wildman–Crippen MR) is 74.1 cm³/mol. The molecule has 1 unspecified atom stereocenters. The lowest BCUT2D eigenvalue weighted by Gasteiger charge is -2.13. The molecule has 1 amide bonds. The van der Waals surface area contributed by atoms with Crippen molar-refractivity contribution in [2.45, 2.75) is 26.4 Å². The summed E-state index contributed by atoms with van der Waals surface area (Å²) in [4.78, 5) is 11.6. The van der Waals surface area contributed by atoms with Gasteiger partial charge in [-0.2, -0.15) is 0 Å². The van der Waals surface area contributed by atoms with Crippen LogP contribution in [0.1, 0.15) is 17.5 Å². The lowest BCUT2D eigenvalue weighted by Crippen LogP contribution is -2.36. The van der Waals surface area contributed by atoms with Gasteiger partial charge in [-0.05, 0) is 37.9 Å². The lowest BCUT2D eigenvalue weighted by molar-refractivity contribution is -0.123. The van der Waals surface area contributed by atoms with Crippen molar-refractivity contribution in [1.82, 2.24) is 5.32 Å². The minimum atomic E-state index is -0.603. The molecule has 1 atom stereocenters. The van der Waals surface area contributed by atoms with Gasteiger partial charge in [0.2, 0.25) is 0 Å². The van der Waals surface area contributed by atoms with Crippen molar-refractivity contribution in [3.8, 4) is 5.75 Å². The van der Waals surface area contributed by atoms with Gasteiger partial charge in [-0.15, -0.1) is 0 Å². The van der Waals surface area contributed by atoms with Gasteiger partial charge in [-0.25, -0.2) is 0 Å². The number of para-hydroxylation sites is 1. The third kappa shape index (κ3) is 5.28. The SMILES string of the molecule is Cc1cccc(C)c1OCC(=O)NCC(O)CCN. The summed E-state index contributed by atoms with van der Waals surface area (Å²) in [6, 6.07) is 5.82. The Morgan fingerprint density at radius 1 is 1.42 bits per heavy atom. The molecule has 4 N–H and O–H groups in total. The molecule has 1 aromatic rings. The van der Waals surface area contributed by atoms with Crippen LogP contribution in [0.25, 0.3) is 0 Å². The summed E-state index contributed by atoms with van der Waals surface area (Å²) >= 11 is 0. The summed E-state index contributed by atoms with van der Waals surface area (Å²) in [6.45, 7) is 4.42. The zero-order valence-electron chi connectivity index (χ0n) is 11.5. The second kappa shape index (κ2) is 7.76. The summed E-state index contributed by atoms with van der Waals surface area (Å²) in [7, 11) is 0. The number of aryl methyl sites for hydroxylation is 2. The molecular formula is C14H22N2O3. The van der Waals surface area contributed by atoms with Crippen LogP contribution in [0.3, 0.4) is 0 Å². The van der Waals surface area contributed by atoms with E-state index >= 15 is 0 Å². The van der Waals surface area contributed by atoms with Crippen LogP contribution in [0, 0.1) is 13.8 Å². The van der Waals surface area contributed by atoms with Gasteiger partial charge in [0, 0.05) is 6.54 Å². The molecular weight excluding hydrogens is 244 g/mol. The van der Waals surface area contributed by atoms with E-state index in [9.17, 15) is 9.90 Å². The fourth-order valence-electron chi connectivity index (χ4n) is 1.74. The highest BCUT2D eigenvalue weighted by molar-refractivity contribution is 5.77. The Morgan fingerprint density at radius 2 is 2.05 bits per heavy atom. The number of ether oxygens (including phenoxy) is 1. The minimum absolute atomic E-state index is 0.0545. The first-order valence-corrected chi connectivity index (χ1v) is 6.38. The second-order valence-electron chi connectivity index (χ2n) is 4.54. The Labute approximate surface area is 113 Å². The Hall–Kier alpha value is -1.59. The van der Waals surface area contributed by atoms with Crippen LogP contribution in [-0.4, -0.2) is 36.8 Å². The van der Waals surface area contributed by atoms with Gasteiger partial charge in [0.05, 0.1) is 6.10 Å².